The Morgan fingerprint density at radius 1 is 1.45 bits per heavy atom. The average molecular weight is 168 g/mol. The second-order valence-electron chi connectivity index (χ2n) is 2.01. The molecule has 58 valence electrons. The van der Waals surface area contributed by atoms with E-state index in [0.717, 1.165) is 0 Å². The van der Waals surface area contributed by atoms with Gasteiger partial charge in [-0.2, -0.15) is 0 Å². The first-order chi connectivity index (χ1) is 5.25. The number of carboxylic acid groups (broad SMARTS) is 1. The topological polar surface area (TPSA) is 46.5 Å². The van der Waals surface area contributed by atoms with E-state index >= 15 is 0 Å². The Bertz CT molecular complexity index is 272. The fourth-order valence-electron chi connectivity index (χ4n) is 0.821. The van der Waals surface area contributed by atoms with Gasteiger partial charge in [0.05, 0.1) is 5.56 Å². The highest BCUT2D eigenvalue weighted by Gasteiger charge is 2.07. The lowest BCUT2D eigenvalue weighted by Gasteiger charge is -2.02. The Morgan fingerprint density at radius 2 is 2.09 bits per heavy atom. The van der Waals surface area contributed by atoms with Gasteiger partial charge in [-0.3, -0.25) is 0 Å². The largest absolute Gasteiger partial charge is 0.553 e. The normalized spacial score (nSPS) is 9.45. The molecular weight excluding hydrogens is 160 g/mol. The predicted molar refractivity (Wildman–Crippen MR) is 44.0 cm³/mol. The van der Waals surface area contributed by atoms with Gasteiger partial charge in [0.25, 0.3) is 0 Å². The zero-order valence-corrected chi connectivity index (χ0v) is 8.07. The van der Waals surface area contributed by atoms with Crippen molar-refractivity contribution >= 4 is 16.5 Å². The second-order valence-corrected chi connectivity index (χ2v) is 2.41. The number of carbonyl (C=O) groups is 1. The Balaban J connectivity index is 3.12. The van der Waals surface area contributed by atoms with Gasteiger partial charge in [-0.1, -0.05) is 12.1 Å². The summed E-state index contributed by atoms with van der Waals surface area (Å²) in [6.07, 6.45) is 0. The van der Waals surface area contributed by atoms with E-state index in [0.29, 0.717) is 16.2 Å². The standard InChI is InChI=1S/C7H8O3Si/c8-7(9)5-3-1-2-4-6(5)10-11/h1-4H,11H3,(H,8,9). The van der Waals surface area contributed by atoms with Gasteiger partial charge in [0, 0.05) is 0 Å². The lowest BCUT2D eigenvalue weighted by Crippen LogP contribution is -1.99. The Labute approximate surface area is 67.2 Å². The van der Waals surface area contributed by atoms with Crippen molar-refractivity contribution in [3.05, 3.63) is 29.8 Å². The summed E-state index contributed by atoms with van der Waals surface area (Å²) in [7, 11) is 0.508. The van der Waals surface area contributed by atoms with Crippen molar-refractivity contribution in [3.63, 3.8) is 0 Å². The lowest BCUT2D eigenvalue weighted by atomic mass is 10.2. The van der Waals surface area contributed by atoms with Crippen LogP contribution in [0.4, 0.5) is 0 Å². The minimum Gasteiger partial charge on any atom is -0.553 e. The van der Waals surface area contributed by atoms with Crippen LogP contribution in [0.25, 0.3) is 0 Å². The summed E-state index contributed by atoms with van der Waals surface area (Å²) in [6, 6.07) is 6.60. The Hall–Kier alpha value is -1.29. The molecule has 1 N–H and O–H groups in total. The molecule has 0 unspecified atom stereocenters. The molecule has 1 rings (SSSR count). The van der Waals surface area contributed by atoms with Gasteiger partial charge in [0.1, 0.15) is 5.75 Å². The highest BCUT2D eigenvalue weighted by molar-refractivity contribution is 6.01. The van der Waals surface area contributed by atoms with Crippen molar-refractivity contribution in [1.29, 1.82) is 0 Å². The first kappa shape index (κ1) is 7.81. The molecule has 1 aromatic carbocycles. The molecule has 1 aromatic rings. The Morgan fingerprint density at radius 3 is 2.55 bits per heavy atom. The van der Waals surface area contributed by atoms with Gasteiger partial charge in [-0.25, -0.2) is 4.79 Å². The molecule has 11 heavy (non-hydrogen) atoms. The zero-order chi connectivity index (χ0) is 8.27. The van der Waals surface area contributed by atoms with Gasteiger partial charge in [-0.15, -0.1) is 0 Å². The summed E-state index contributed by atoms with van der Waals surface area (Å²) < 4.78 is 4.96. The number of hydrogen-bond acceptors (Lipinski definition) is 2. The van der Waals surface area contributed by atoms with E-state index in [-0.39, 0.29) is 5.56 Å². The third kappa shape index (κ3) is 1.59. The van der Waals surface area contributed by atoms with E-state index in [9.17, 15) is 4.79 Å². The van der Waals surface area contributed by atoms with Crippen molar-refractivity contribution in [2.45, 2.75) is 0 Å². The minimum atomic E-state index is -0.948. The van der Waals surface area contributed by atoms with Crippen molar-refractivity contribution < 1.29 is 14.3 Å². The van der Waals surface area contributed by atoms with Gasteiger partial charge in [0.15, 0.2) is 0 Å². The van der Waals surface area contributed by atoms with E-state index in [1.807, 2.05) is 0 Å². The molecule has 3 nitrogen and oxygen atoms in total. The molecule has 0 saturated carbocycles. The number of para-hydroxylation sites is 1. The zero-order valence-electron chi connectivity index (χ0n) is 6.07. The van der Waals surface area contributed by atoms with Crippen molar-refractivity contribution in [2.75, 3.05) is 0 Å². The molecule has 0 atom stereocenters. The summed E-state index contributed by atoms with van der Waals surface area (Å²) in [4.78, 5) is 10.5. The smallest absolute Gasteiger partial charge is 0.339 e. The molecule has 0 amide bonds. The van der Waals surface area contributed by atoms with Crippen LogP contribution in [0, 0.1) is 0 Å². The van der Waals surface area contributed by atoms with Crippen molar-refractivity contribution in [3.8, 4) is 5.75 Å². The van der Waals surface area contributed by atoms with Gasteiger partial charge < -0.3 is 9.53 Å². The minimum absolute atomic E-state index is 0.225. The summed E-state index contributed by atoms with van der Waals surface area (Å²) in [6.45, 7) is 0. The third-order valence-corrected chi connectivity index (χ3v) is 1.78. The van der Waals surface area contributed by atoms with Crippen LogP contribution in [0.15, 0.2) is 24.3 Å². The number of benzene rings is 1. The van der Waals surface area contributed by atoms with Crippen LogP contribution in [0.3, 0.4) is 0 Å². The summed E-state index contributed by atoms with van der Waals surface area (Å²) in [5.41, 5.74) is 0.225. The molecule has 0 radical (unpaired) electrons. The van der Waals surface area contributed by atoms with E-state index in [1.54, 1.807) is 18.2 Å². The van der Waals surface area contributed by atoms with Crippen molar-refractivity contribution in [1.82, 2.24) is 0 Å². The van der Waals surface area contributed by atoms with Gasteiger partial charge in [-0.05, 0) is 12.1 Å². The molecule has 0 aliphatic rings. The molecule has 0 aliphatic carbocycles. The number of aromatic carboxylic acids is 1. The average Bonchev–Trinajstić information content (AvgIpc) is 2.04. The van der Waals surface area contributed by atoms with Crippen LogP contribution in [0.5, 0.6) is 5.75 Å². The van der Waals surface area contributed by atoms with E-state index in [4.69, 9.17) is 9.53 Å². The predicted octanol–water partition coefficient (Wildman–Crippen LogP) is 0.0440. The first-order valence-corrected chi connectivity index (χ1v) is 3.93. The second kappa shape index (κ2) is 3.20. The Kier molecular flexibility index (Phi) is 2.27. The molecule has 0 bridgehead atoms. The lowest BCUT2D eigenvalue weighted by molar-refractivity contribution is 0.0695. The van der Waals surface area contributed by atoms with Crippen LogP contribution < -0.4 is 4.43 Å². The highest BCUT2D eigenvalue weighted by atomic mass is 28.2. The van der Waals surface area contributed by atoms with Crippen LogP contribution in [-0.2, 0) is 0 Å². The molecule has 0 spiro atoms. The molecule has 0 aliphatic heterocycles. The van der Waals surface area contributed by atoms with E-state index in [2.05, 4.69) is 0 Å². The highest BCUT2D eigenvalue weighted by Crippen LogP contribution is 2.15. The summed E-state index contributed by atoms with van der Waals surface area (Å²) in [5.74, 6) is -0.497. The maximum Gasteiger partial charge on any atom is 0.339 e. The fraction of sp³-hybridized carbons (Fsp3) is 0. The SMILES string of the molecule is O=C(O)c1ccccc1O[SiH3]. The number of hydrogen-bond donors (Lipinski definition) is 1. The monoisotopic (exact) mass is 168 g/mol. The van der Waals surface area contributed by atoms with E-state index in [1.165, 1.54) is 6.07 Å². The third-order valence-electron chi connectivity index (χ3n) is 1.34. The van der Waals surface area contributed by atoms with Gasteiger partial charge in [0.2, 0.25) is 10.5 Å². The first-order valence-electron chi connectivity index (χ1n) is 3.12. The molecule has 0 aromatic heterocycles. The van der Waals surface area contributed by atoms with Crippen LogP contribution in [0.1, 0.15) is 10.4 Å². The quantitative estimate of drug-likeness (QED) is 0.634. The fourth-order valence-corrected chi connectivity index (χ4v) is 1.18. The van der Waals surface area contributed by atoms with Crippen LogP contribution in [0.2, 0.25) is 0 Å². The van der Waals surface area contributed by atoms with Gasteiger partial charge >= 0.3 is 5.97 Å². The molecule has 0 heterocycles. The van der Waals surface area contributed by atoms with Crippen molar-refractivity contribution in [2.24, 2.45) is 0 Å². The molecule has 4 heteroatoms. The number of rotatable bonds is 2. The summed E-state index contributed by atoms with van der Waals surface area (Å²) >= 11 is 0. The van der Waals surface area contributed by atoms with E-state index < -0.39 is 5.97 Å². The molecule has 0 saturated heterocycles. The van der Waals surface area contributed by atoms with Crippen LogP contribution >= 0.6 is 0 Å². The van der Waals surface area contributed by atoms with Crippen LogP contribution in [-0.4, -0.2) is 21.6 Å². The maximum atomic E-state index is 10.5. The number of carboxylic acids is 1. The molecular formula is C7H8O3Si. The summed E-state index contributed by atoms with van der Waals surface area (Å²) in [5, 5.41) is 8.63. The molecule has 0 fully saturated rings. The maximum absolute atomic E-state index is 10.5.